The van der Waals surface area contributed by atoms with Crippen LogP contribution in [0.15, 0.2) is 24.3 Å². The van der Waals surface area contributed by atoms with Crippen LogP contribution in [0.3, 0.4) is 0 Å². The van der Waals surface area contributed by atoms with Gasteiger partial charge in [-0.3, -0.25) is 19.8 Å². The van der Waals surface area contributed by atoms with Crippen molar-refractivity contribution in [1.29, 1.82) is 0 Å². The van der Waals surface area contributed by atoms with Crippen molar-refractivity contribution in [3.05, 3.63) is 39.9 Å². The van der Waals surface area contributed by atoms with E-state index in [1.165, 1.54) is 29.2 Å². The standard InChI is InChI=1S/C16H21N3O4S/c1-11(2)10-24-9-8-18-14(20)16(3,17-15(18)21)12-4-6-13(7-5-12)19(22)23/h4-7,11H,8-10H2,1-3H3,(H,17,21)/t16-/m1/s1. The first-order valence-corrected chi connectivity index (χ1v) is 8.88. The van der Waals surface area contributed by atoms with E-state index in [1.54, 1.807) is 18.7 Å². The molecule has 1 aromatic rings. The maximum Gasteiger partial charge on any atom is 0.325 e. The zero-order valence-corrected chi connectivity index (χ0v) is 14.8. The zero-order chi connectivity index (χ0) is 17.9. The number of hydrogen-bond donors (Lipinski definition) is 1. The molecule has 0 saturated carbocycles. The lowest BCUT2D eigenvalue weighted by Crippen LogP contribution is -2.41. The van der Waals surface area contributed by atoms with Crippen LogP contribution in [0.1, 0.15) is 26.3 Å². The quantitative estimate of drug-likeness (QED) is 0.353. The van der Waals surface area contributed by atoms with Gasteiger partial charge in [0.15, 0.2) is 0 Å². The van der Waals surface area contributed by atoms with E-state index in [2.05, 4.69) is 19.2 Å². The fourth-order valence-electron chi connectivity index (χ4n) is 2.49. The van der Waals surface area contributed by atoms with E-state index in [0.29, 0.717) is 23.8 Å². The lowest BCUT2D eigenvalue weighted by atomic mass is 9.92. The lowest BCUT2D eigenvalue weighted by molar-refractivity contribution is -0.384. The van der Waals surface area contributed by atoms with Crippen LogP contribution in [0.2, 0.25) is 0 Å². The molecule has 2 rings (SSSR count). The highest BCUT2D eigenvalue weighted by atomic mass is 32.2. The summed E-state index contributed by atoms with van der Waals surface area (Å²) in [4.78, 5) is 36.3. The third-order valence-electron chi connectivity index (χ3n) is 3.84. The Morgan fingerprint density at radius 3 is 2.46 bits per heavy atom. The number of amides is 3. The van der Waals surface area contributed by atoms with Gasteiger partial charge in [-0.2, -0.15) is 11.8 Å². The summed E-state index contributed by atoms with van der Waals surface area (Å²) in [5, 5.41) is 13.4. The predicted octanol–water partition coefficient (Wildman–Crippen LogP) is 2.75. The molecule has 0 spiro atoms. The molecule has 3 amide bonds. The van der Waals surface area contributed by atoms with Gasteiger partial charge in [0.1, 0.15) is 5.54 Å². The fourth-order valence-corrected chi connectivity index (χ4v) is 3.44. The van der Waals surface area contributed by atoms with Crippen molar-refractivity contribution < 1.29 is 14.5 Å². The van der Waals surface area contributed by atoms with Crippen molar-refractivity contribution in [1.82, 2.24) is 10.2 Å². The Balaban J connectivity index is 2.09. The molecule has 0 unspecified atom stereocenters. The van der Waals surface area contributed by atoms with Crippen LogP contribution >= 0.6 is 11.8 Å². The van der Waals surface area contributed by atoms with Crippen molar-refractivity contribution in [2.24, 2.45) is 5.92 Å². The van der Waals surface area contributed by atoms with E-state index in [9.17, 15) is 19.7 Å². The van der Waals surface area contributed by atoms with Gasteiger partial charge in [-0.25, -0.2) is 4.79 Å². The van der Waals surface area contributed by atoms with Crippen LogP contribution in [0.4, 0.5) is 10.5 Å². The molecule has 24 heavy (non-hydrogen) atoms. The summed E-state index contributed by atoms with van der Waals surface area (Å²) in [6.45, 7) is 6.21. The molecule has 1 fully saturated rings. The van der Waals surface area contributed by atoms with Gasteiger partial charge in [-0.1, -0.05) is 13.8 Å². The molecule has 0 aromatic heterocycles. The zero-order valence-electron chi connectivity index (χ0n) is 13.9. The molecule has 130 valence electrons. The minimum atomic E-state index is -1.19. The Hall–Kier alpha value is -2.09. The number of hydrogen-bond acceptors (Lipinski definition) is 5. The number of nitro benzene ring substituents is 1. The number of imide groups is 1. The molecule has 8 heteroatoms. The Morgan fingerprint density at radius 1 is 1.29 bits per heavy atom. The van der Waals surface area contributed by atoms with E-state index in [0.717, 1.165) is 5.75 Å². The lowest BCUT2D eigenvalue weighted by Gasteiger charge is -2.22. The largest absolute Gasteiger partial charge is 0.325 e. The highest BCUT2D eigenvalue weighted by Gasteiger charge is 2.48. The van der Waals surface area contributed by atoms with E-state index in [-0.39, 0.29) is 11.6 Å². The topological polar surface area (TPSA) is 92.6 Å². The minimum Gasteiger partial charge on any atom is -0.319 e. The normalized spacial score (nSPS) is 20.6. The number of nitrogens with one attached hydrogen (secondary N) is 1. The van der Waals surface area contributed by atoms with Crippen molar-refractivity contribution in [2.45, 2.75) is 26.3 Å². The molecular weight excluding hydrogens is 330 g/mol. The van der Waals surface area contributed by atoms with Crippen LogP contribution in [-0.2, 0) is 10.3 Å². The molecule has 0 aliphatic carbocycles. The number of nitro groups is 1. The van der Waals surface area contributed by atoms with Gasteiger partial charge in [0, 0.05) is 24.4 Å². The molecule has 1 saturated heterocycles. The fraction of sp³-hybridized carbons (Fsp3) is 0.500. The summed E-state index contributed by atoms with van der Waals surface area (Å²) in [6.07, 6.45) is 0. The van der Waals surface area contributed by atoms with Crippen LogP contribution in [0, 0.1) is 16.0 Å². The first-order valence-electron chi connectivity index (χ1n) is 7.72. The third-order valence-corrected chi connectivity index (χ3v) is 5.21. The molecule has 0 bridgehead atoms. The molecule has 1 aromatic carbocycles. The van der Waals surface area contributed by atoms with Crippen LogP contribution in [-0.4, -0.2) is 39.8 Å². The molecule has 1 aliphatic rings. The molecular formula is C16H21N3O4S. The third kappa shape index (κ3) is 3.69. The van der Waals surface area contributed by atoms with Gasteiger partial charge in [-0.05, 0) is 36.3 Å². The number of rotatable bonds is 7. The number of non-ortho nitro benzene ring substituents is 1. The van der Waals surface area contributed by atoms with Crippen LogP contribution in [0.5, 0.6) is 0 Å². The highest BCUT2D eigenvalue weighted by molar-refractivity contribution is 7.99. The van der Waals surface area contributed by atoms with Gasteiger partial charge in [0.05, 0.1) is 4.92 Å². The summed E-state index contributed by atoms with van der Waals surface area (Å²) in [6, 6.07) is 5.26. The molecule has 1 N–H and O–H groups in total. The van der Waals surface area contributed by atoms with Gasteiger partial charge >= 0.3 is 6.03 Å². The SMILES string of the molecule is CC(C)CSCCN1C(=O)N[C@](C)(c2ccc([N+](=O)[O-])cc2)C1=O. The average molecular weight is 351 g/mol. The van der Waals surface area contributed by atoms with Crippen molar-refractivity contribution in [2.75, 3.05) is 18.1 Å². The summed E-state index contributed by atoms with van der Waals surface area (Å²) in [5.74, 6) is 1.90. The number of nitrogens with zero attached hydrogens (tertiary/aromatic N) is 2. The maximum atomic E-state index is 12.7. The second-order valence-corrected chi connectivity index (χ2v) is 7.43. The van der Waals surface area contributed by atoms with Crippen LogP contribution < -0.4 is 5.32 Å². The van der Waals surface area contributed by atoms with Crippen LogP contribution in [0.25, 0.3) is 0 Å². The Kier molecular flexibility index (Phi) is 5.48. The van der Waals surface area contributed by atoms with Crippen molar-refractivity contribution in [3.8, 4) is 0 Å². The monoisotopic (exact) mass is 351 g/mol. The number of urea groups is 1. The summed E-state index contributed by atoms with van der Waals surface area (Å²) >= 11 is 1.70. The predicted molar refractivity (Wildman–Crippen MR) is 92.9 cm³/mol. The van der Waals surface area contributed by atoms with E-state index < -0.39 is 16.5 Å². The van der Waals surface area contributed by atoms with E-state index >= 15 is 0 Å². The van der Waals surface area contributed by atoms with Gasteiger partial charge in [0.25, 0.3) is 11.6 Å². The second kappa shape index (κ2) is 7.21. The molecule has 7 nitrogen and oxygen atoms in total. The van der Waals surface area contributed by atoms with E-state index in [1.807, 2.05) is 0 Å². The van der Waals surface area contributed by atoms with Crippen molar-refractivity contribution in [3.63, 3.8) is 0 Å². The maximum absolute atomic E-state index is 12.7. The number of benzene rings is 1. The van der Waals surface area contributed by atoms with Gasteiger partial charge in [0.2, 0.25) is 0 Å². The summed E-state index contributed by atoms with van der Waals surface area (Å²) in [5.41, 5.74) is -0.709. The van der Waals surface area contributed by atoms with E-state index in [4.69, 9.17) is 0 Å². The molecule has 1 aliphatic heterocycles. The Morgan fingerprint density at radius 2 is 1.92 bits per heavy atom. The highest BCUT2D eigenvalue weighted by Crippen LogP contribution is 2.30. The smallest absolute Gasteiger partial charge is 0.319 e. The molecule has 0 radical (unpaired) electrons. The molecule has 1 atom stereocenters. The summed E-state index contributed by atoms with van der Waals surface area (Å²) in [7, 11) is 0. The van der Waals surface area contributed by atoms with Gasteiger partial charge in [-0.15, -0.1) is 0 Å². The number of carbonyl (C=O) groups is 2. The van der Waals surface area contributed by atoms with Gasteiger partial charge < -0.3 is 5.32 Å². The first kappa shape index (κ1) is 18.3. The first-order chi connectivity index (χ1) is 11.3. The Bertz CT molecular complexity index is 647. The number of carbonyl (C=O) groups excluding carboxylic acids is 2. The number of thioether (sulfide) groups is 1. The summed E-state index contributed by atoms with van der Waals surface area (Å²) < 4.78 is 0. The van der Waals surface area contributed by atoms with Crippen molar-refractivity contribution >= 4 is 29.4 Å². The second-order valence-electron chi connectivity index (χ2n) is 6.28. The minimum absolute atomic E-state index is 0.0546. The molecule has 1 heterocycles. The Labute approximate surface area is 144 Å². The average Bonchev–Trinajstić information content (AvgIpc) is 2.75.